The minimum Gasteiger partial charge on any atom is -0.497 e. The van der Waals surface area contributed by atoms with Gasteiger partial charge in [0.05, 0.1) is 12.1 Å². The molecule has 3 rings (SSSR count). The maximum absolute atomic E-state index is 6.36. The van der Waals surface area contributed by atoms with Gasteiger partial charge in [-0.05, 0) is 35.2 Å². The molecule has 2 N–H and O–H groups in total. The predicted octanol–water partition coefficient (Wildman–Crippen LogP) is 5.24. The third-order valence-electron chi connectivity index (χ3n) is 3.78. The molecule has 0 unspecified atom stereocenters. The maximum atomic E-state index is 6.36. The number of hydrogen-bond donors (Lipinski definition) is 1. The van der Waals surface area contributed by atoms with E-state index in [9.17, 15) is 0 Å². The van der Waals surface area contributed by atoms with E-state index >= 15 is 0 Å². The van der Waals surface area contributed by atoms with E-state index in [4.69, 9.17) is 10.5 Å². The van der Waals surface area contributed by atoms with Crippen LogP contribution < -0.4 is 10.5 Å². The number of methoxy groups -OCH3 is 1. The Hall–Kier alpha value is -2.26. The fourth-order valence-electron chi connectivity index (χ4n) is 2.74. The molecule has 0 aliphatic rings. The van der Waals surface area contributed by atoms with Crippen LogP contribution in [0.1, 0.15) is 12.5 Å². The number of benzene rings is 2. The molecule has 2 aromatic carbocycles. The molecule has 1 heterocycles. The predicted molar refractivity (Wildman–Crippen MR) is 95.5 cm³/mol. The van der Waals surface area contributed by atoms with Crippen LogP contribution in [0.4, 0.5) is 5.00 Å². The normalized spacial score (nSPS) is 10.6. The number of nitrogen functional groups attached to an aromatic ring is 1. The van der Waals surface area contributed by atoms with E-state index < -0.39 is 0 Å². The first-order valence-electron chi connectivity index (χ1n) is 7.35. The Balaban J connectivity index is 2.18. The first kappa shape index (κ1) is 14.7. The van der Waals surface area contributed by atoms with Gasteiger partial charge in [0, 0.05) is 10.4 Å². The maximum Gasteiger partial charge on any atom is 0.119 e. The monoisotopic (exact) mass is 309 g/mol. The highest BCUT2D eigenvalue weighted by Gasteiger charge is 2.18. The first-order chi connectivity index (χ1) is 10.7. The Morgan fingerprint density at radius 1 is 1.00 bits per heavy atom. The highest BCUT2D eigenvalue weighted by molar-refractivity contribution is 7.20. The fourth-order valence-corrected chi connectivity index (χ4v) is 3.93. The van der Waals surface area contributed by atoms with Gasteiger partial charge in [0.25, 0.3) is 0 Å². The molecule has 1 aromatic heterocycles. The van der Waals surface area contributed by atoms with E-state index in [1.165, 1.54) is 16.0 Å². The summed E-state index contributed by atoms with van der Waals surface area (Å²) < 4.78 is 5.34. The molecule has 0 aliphatic heterocycles. The van der Waals surface area contributed by atoms with Gasteiger partial charge in [-0.15, -0.1) is 11.3 Å². The first-order valence-corrected chi connectivity index (χ1v) is 8.17. The average molecular weight is 309 g/mol. The second kappa shape index (κ2) is 6.24. The number of nitrogens with two attached hydrogens (primary N) is 1. The summed E-state index contributed by atoms with van der Waals surface area (Å²) in [6.45, 7) is 2.18. The van der Waals surface area contributed by atoms with Crippen molar-refractivity contribution in [2.45, 2.75) is 13.3 Å². The molecule has 0 atom stereocenters. The minimum atomic E-state index is 0.853. The Morgan fingerprint density at radius 2 is 1.73 bits per heavy atom. The Bertz CT molecular complexity index is 777. The van der Waals surface area contributed by atoms with Crippen molar-refractivity contribution in [3.8, 4) is 27.3 Å². The third-order valence-corrected chi connectivity index (χ3v) is 4.89. The smallest absolute Gasteiger partial charge is 0.119 e. The van der Waals surface area contributed by atoms with Gasteiger partial charge in [-0.25, -0.2) is 0 Å². The van der Waals surface area contributed by atoms with E-state index in [-0.39, 0.29) is 0 Å². The zero-order valence-electron chi connectivity index (χ0n) is 12.8. The molecule has 0 radical (unpaired) electrons. The van der Waals surface area contributed by atoms with Crippen molar-refractivity contribution in [2.24, 2.45) is 0 Å². The highest BCUT2D eigenvalue weighted by atomic mass is 32.1. The molecule has 0 aliphatic carbocycles. The molecular weight excluding hydrogens is 290 g/mol. The summed E-state index contributed by atoms with van der Waals surface area (Å²) in [5, 5.41) is 0.865. The fraction of sp³-hybridized carbons (Fsp3) is 0.158. The standard InChI is InChI=1S/C19H19NOS/c1-3-16-17(14-10-7-11-15(12-14)21-2)19(20)22-18(16)13-8-5-4-6-9-13/h4-12H,3,20H2,1-2H3. The van der Waals surface area contributed by atoms with E-state index in [1.54, 1.807) is 18.4 Å². The summed E-state index contributed by atoms with van der Waals surface area (Å²) in [4.78, 5) is 1.26. The molecule has 3 aromatic rings. The summed E-state index contributed by atoms with van der Waals surface area (Å²) in [7, 11) is 1.69. The van der Waals surface area contributed by atoms with Gasteiger partial charge in [0.2, 0.25) is 0 Å². The molecule has 22 heavy (non-hydrogen) atoms. The molecule has 0 amide bonds. The summed E-state index contributed by atoms with van der Waals surface area (Å²) in [6.07, 6.45) is 0.949. The second-order valence-electron chi connectivity index (χ2n) is 5.10. The van der Waals surface area contributed by atoms with Gasteiger partial charge in [-0.1, -0.05) is 49.4 Å². The molecule has 0 saturated carbocycles. The van der Waals surface area contributed by atoms with Crippen LogP contribution in [0.2, 0.25) is 0 Å². The zero-order valence-corrected chi connectivity index (χ0v) is 13.6. The van der Waals surface area contributed by atoms with Crippen molar-refractivity contribution >= 4 is 16.3 Å². The molecule has 112 valence electrons. The summed E-state index contributed by atoms with van der Waals surface area (Å²) in [6, 6.07) is 18.5. The number of hydrogen-bond acceptors (Lipinski definition) is 3. The molecule has 0 saturated heterocycles. The lowest BCUT2D eigenvalue weighted by molar-refractivity contribution is 0.415. The lowest BCUT2D eigenvalue weighted by Crippen LogP contribution is -1.90. The van der Waals surface area contributed by atoms with Gasteiger partial charge < -0.3 is 10.5 Å². The molecule has 0 bridgehead atoms. The lowest BCUT2D eigenvalue weighted by Gasteiger charge is -2.08. The highest BCUT2D eigenvalue weighted by Crippen LogP contribution is 2.44. The van der Waals surface area contributed by atoms with Crippen LogP contribution in [0.25, 0.3) is 21.6 Å². The number of rotatable bonds is 4. The third kappa shape index (κ3) is 2.60. The number of thiophene rings is 1. The zero-order chi connectivity index (χ0) is 15.5. The van der Waals surface area contributed by atoms with Crippen LogP contribution in [0.15, 0.2) is 54.6 Å². The summed E-state index contributed by atoms with van der Waals surface area (Å²) in [5.74, 6) is 0.853. The topological polar surface area (TPSA) is 35.2 Å². The SMILES string of the molecule is CCc1c(-c2ccccc2)sc(N)c1-c1cccc(OC)c1. The van der Waals surface area contributed by atoms with Gasteiger partial charge in [0.15, 0.2) is 0 Å². The van der Waals surface area contributed by atoms with Gasteiger partial charge in [-0.2, -0.15) is 0 Å². The molecular formula is C19H19NOS. The van der Waals surface area contributed by atoms with Crippen molar-refractivity contribution in [2.75, 3.05) is 12.8 Å². The van der Waals surface area contributed by atoms with E-state index in [2.05, 4.69) is 37.3 Å². The lowest BCUT2D eigenvalue weighted by atomic mass is 9.97. The van der Waals surface area contributed by atoms with E-state index in [0.29, 0.717) is 0 Å². The van der Waals surface area contributed by atoms with E-state index in [0.717, 1.165) is 28.3 Å². The van der Waals surface area contributed by atoms with Crippen LogP contribution in [0.5, 0.6) is 5.75 Å². The quantitative estimate of drug-likeness (QED) is 0.715. The van der Waals surface area contributed by atoms with Gasteiger partial charge >= 0.3 is 0 Å². The van der Waals surface area contributed by atoms with Crippen molar-refractivity contribution in [3.63, 3.8) is 0 Å². The number of ether oxygens (including phenoxy) is 1. The Morgan fingerprint density at radius 3 is 2.41 bits per heavy atom. The minimum absolute atomic E-state index is 0.853. The van der Waals surface area contributed by atoms with Crippen LogP contribution >= 0.6 is 11.3 Å². The second-order valence-corrected chi connectivity index (χ2v) is 6.15. The molecule has 0 spiro atoms. The summed E-state index contributed by atoms with van der Waals surface area (Å²) in [5.41, 5.74) is 11.2. The Kier molecular flexibility index (Phi) is 4.16. The van der Waals surface area contributed by atoms with Crippen LogP contribution in [-0.2, 0) is 6.42 Å². The van der Waals surface area contributed by atoms with Crippen molar-refractivity contribution < 1.29 is 4.74 Å². The number of anilines is 1. The van der Waals surface area contributed by atoms with Gasteiger partial charge in [0.1, 0.15) is 5.75 Å². The van der Waals surface area contributed by atoms with Crippen LogP contribution in [0, 0.1) is 0 Å². The van der Waals surface area contributed by atoms with Crippen LogP contribution in [-0.4, -0.2) is 7.11 Å². The summed E-state index contributed by atoms with van der Waals surface area (Å²) >= 11 is 1.66. The average Bonchev–Trinajstić information content (AvgIpc) is 2.92. The van der Waals surface area contributed by atoms with Crippen molar-refractivity contribution in [3.05, 3.63) is 60.2 Å². The molecule has 2 nitrogen and oxygen atoms in total. The van der Waals surface area contributed by atoms with Gasteiger partial charge in [-0.3, -0.25) is 0 Å². The Labute approximate surface area is 135 Å². The molecule has 3 heteroatoms. The van der Waals surface area contributed by atoms with Crippen molar-refractivity contribution in [1.82, 2.24) is 0 Å². The van der Waals surface area contributed by atoms with Crippen LogP contribution in [0.3, 0.4) is 0 Å². The largest absolute Gasteiger partial charge is 0.497 e. The molecule has 0 fully saturated rings. The van der Waals surface area contributed by atoms with E-state index in [1.807, 2.05) is 24.3 Å². The van der Waals surface area contributed by atoms with Crippen molar-refractivity contribution in [1.29, 1.82) is 0 Å².